The summed E-state index contributed by atoms with van der Waals surface area (Å²) in [6.07, 6.45) is 0. The van der Waals surface area contributed by atoms with Gasteiger partial charge in [-0.15, -0.1) is 11.3 Å². The number of thiophene rings is 1. The van der Waals surface area contributed by atoms with Crippen LogP contribution in [-0.2, 0) is 0 Å². The van der Waals surface area contributed by atoms with Gasteiger partial charge in [0.25, 0.3) is 0 Å². The van der Waals surface area contributed by atoms with E-state index >= 15 is 0 Å². The number of nitrogens with two attached hydrogens (primary N) is 1. The number of nitrogens with zero attached hydrogens (tertiary/aromatic N) is 1. The highest BCUT2D eigenvalue weighted by Gasteiger charge is 2.21. The minimum absolute atomic E-state index is 0.139. The zero-order valence-electron chi connectivity index (χ0n) is 9.60. The molecule has 1 rings (SSSR count). The van der Waals surface area contributed by atoms with Crippen molar-refractivity contribution in [2.24, 2.45) is 5.73 Å². The molecule has 1 aromatic rings. The normalized spacial score (nSPS) is 15.6. The van der Waals surface area contributed by atoms with Gasteiger partial charge in [-0.2, -0.15) is 0 Å². The second kappa shape index (κ2) is 5.61. The van der Waals surface area contributed by atoms with Crippen LogP contribution in [0, 0.1) is 6.92 Å². The first kappa shape index (κ1) is 12.6. The van der Waals surface area contributed by atoms with Crippen molar-refractivity contribution in [2.75, 3.05) is 20.2 Å². The third kappa shape index (κ3) is 2.78. The molecule has 0 aliphatic heterocycles. The molecule has 1 heterocycles. The van der Waals surface area contributed by atoms with Crippen molar-refractivity contribution in [3.05, 3.63) is 21.9 Å². The van der Waals surface area contributed by atoms with Crippen molar-refractivity contribution in [3.63, 3.8) is 0 Å². The highest BCUT2D eigenvalue weighted by atomic mass is 32.1. The fourth-order valence-electron chi connectivity index (χ4n) is 1.62. The Hall–Kier alpha value is -0.420. The second-order valence-corrected chi connectivity index (χ2v) is 4.86. The molecule has 0 amide bonds. The van der Waals surface area contributed by atoms with Gasteiger partial charge >= 0.3 is 0 Å². The van der Waals surface area contributed by atoms with Crippen molar-refractivity contribution in [3.8, 4) is 0 Å². The van der Waals surface area contributed by atoms with E-state index in [0.29, 0.717) is 6.54 Å². The topological polar surface area (TPSA) is 49.5 Å². The highest BCUT2D eigenvalue weighted by Crippen LogP contribution is 2.28. The molecular weight excluding hydrogens is 208 g/mol. The summed E-state index contributed by atoms with van der Waals surface area (Å²) < 4.78 is 0. The van der Waals surface area contributed by atoms with E-state index in [9.17, 15) is 0 Å². The van der Waals surface area contributed by atoms with Gasteiger partial charge in [-0.1, -0.05) is 0 Å². The van der Waals surface area contributed by atoms with E-state index in [0.717, 1.165) is 0 Å². The van der Waals surface area contributed by atoms with Gasteiger partial charge in [0.1, 0.15) is 0 Å². The Morgan fingerprint density at radius 2 is 2.27 bits per heavy atom. The monoisotopic (exact) mass is 228 g/mol. The first-order valence-electron chi connectivity index (χ1n) is 5.18. The van der Waals surface area contributed by atoms with Crippen molar-refractivity contribution in [1.82, 2.24) is 4.90 Å². The molecule has 0 saturated heterocycles. The molecule has 3 N–H and O–H groups in total. The molecule has 0 bridgehead atoms. The van der Waals surface area contributed by atoms with Gasteiger partial charge in [-0.05, 0) is 37.9 Å². The Bertz CT molecular complexity index is 301. The molecule has 86 valence electrons. The SMILES string of the molecule is Cc1ccsc1C(CN)N(C)C(C)CO. The van der Waals surface area contributed by atoms with Gasteiger partial charge in [0.05, 0.1) is 12.6 Å². The molecule has 1 aromatic heterocycles. The molecule has 4 heteroatoms. The number of aliphatic hydroxyl groups is 1. The van der Waals surface area contributed by atoms with Gasteiger partial charge in [0.2, 0.25) is 0 Å². The van der Waals surface area contributed by atoms with Crippen LogP contribution in [0.5, 0.6) is 0 Å². The summed E-state index contributed by atoms with van der Waals surface area (Å²) in [7, 11) is 2.01. The maximum absolute atomic E-state index is 9.14. The third-order valence-corrected chi connectivity index (χ3v) is 4.00. The Morgan fingerprint density at radius 3 is 2.67 bits per heavy atom. The van der Waals surface area contributed by atoms with Crippen LogP contribution in [0.1, 0.15) is 23.4 Å². The maximum atomic E-state index is 9.14. The average Bonchev–Trinajstić information content (AvgIpc) is 2.65. The predicted molar refractivity (Wildman–Crippen MR) is 65.2 cm³/mol. The van der Waals surface area contributed by atoms with Crippen LogP contribution in [0.2, 0.25) is 0 Å². The van der Waals surface area contributed by atoms with E-state index in [1.807, 2.05) is 14.0 Å². The van der Waals surface area contributed by atoms with Gasteiger partial charge in [0.15, 0.2) is 0 Å². The Kier molecular flexibility index (Phi) is 4.73. The van der Waals surface area contributed by atoms with E-state index in [1.165, 1.54) is 10.4 Å². The average molecular weight is 228 g/mol. The Morgan fingerprint density at radius 1 is 1.60 bits per heavy atom. The number of hydrogen-bond donors (Lipinski definition) is 2. The Balaban J connectivity index is 2.84. The predicted octanol–water partition coefficient (Wildman–Crippen LogP) is 1.37. The van der Waals surface area contributed by atoms with E-state index in [4.69, 9.17) is 10.8 Å². The van der Waals surface area contributed by atoms with Gasteiger partial charge in [-0.25, -0.2) is 0 Å². The highest BCUT2D eigenvalue weighted by molar-refractivity contribution is 7.10. The minimum atomic E-state index is 0.139. The summed E-state index contributed by atoms with van der Waals surface area (Å²) in [5.74, 6) is 0. The number of aryl methyl sites for hydroxylation is 1. The lowest BCUT2D eigenvalue weighted by molar-refractivity contribution is 0.124. The van der Waals surface area contributed by atoms with E-state index in [1.54, 1.807) is 11.3 Å². The smallest absolute Gasteiger partial charge is 0.0584 e. The minimum Gasteiger partial charge on any atom is -0.395 e. The second-order valence-electron chi connectivity index (χ2n) is 3.92. The van der Waals surface area contributed by atoms with Crippen molar-refractivity contribution in [2.45, 2.75) is 25.9 Å². The summed E-state index contributed by atoms with van der Waals surface area (Å²) in [5.41, 5.74) is 7.09. The lowest BCUT2D eigenvalue weighted by Crippen LogP contribution is -2.38. The molecular formula is C11H20N2OS. The molecule has 0 aliphatic rings. The van der Waals surface area contributed by atoms with Gasteiger partial charge < -0.3 is 10.8 Å². The fourth-order valence-corrected chi connectivity index (χ4v) is 2.71. The molecule has 2 unspecified atom stereocenters. The molecule has 3 nitrogen and oxygen atoms in total. The standard InChI is InChI=1S/C11H20N2OS/c1-8-4-5-15-11(8)10(6-12)13(3)9(2)7-14/h4-5,9-10,14H,6-7,12H2,1-3H3. The van der Waals surface area contributed by atoms with Crippen molar-refractivity contribution < 1.29 is 5.11 Å². The van der Waals surface area contributed by atoms with Crippen LogP contribution >= 0.6 is 11.3 Å². The van der Waals surface area contributed by atoms with Crippen molar-refractivity contribution in [1.29, 1.82) is 0 Å². The summed E-state index contributed by atoms with van der Waals surface area (Å²) >= 11 is 1.74. The molecule has 15 heavy (non-hydrogen) atoms. The van der Waals surface area contributed by atoms with Crippen LogP contribution in [0.4, 0.5) is 0 Å². The largest absolute Gasteiger partial charge is 0.395 e. The van der Waals surface area contributed by atoms with Crippen molar-refractivity contribution >= 4 is 11.3 Å². The van der Waals surface area contributed by atoms with Crippen LogP contribution in [0.3, 0.4) is 0 Å². The number of aliphatic hydroxyl groups excluding tert-OH is 1. The molecule has 0 fully saturated rings. The third-order valence-electron chi connectivity index (χ3n) is 2.88. The van der Waals surface area contributed by atoms with E-state index in [2.05, 4.69) is 23.3 Å². The van der Waals surface area contributed by atoms with Gasteiger partial charge in [-0.3, -0.25) is 4.90 Å². The first-order valence-corrected chi connectivity index (χ1v) is 6.06. The summed E-state index contributed by atoms with van der Waals surface area (Å²) in [4.78, 5) is 3.44. The van der Waals surface area contributed by atoms with E-state index in [-0.39, 0.29) is 18.7 Å². The quantitative estimate of drug-likeness (QED) is 0.800. The molecule has 0 spiro atoms. The molecule has 2 atom stereocenters. The van der Waals surface area contributed by atoms with Crippen LogP contribution in [0.15, 0.2) is 11.4 Å². The molecule has 0 aliphatic carbocycles. The number of likely N-dealkylation sites (N-methyl/N-ethyl adjacent to an activating group) is 1. The lowest BCUT2D eigenvalue weighted by Gasteiger charge is -2.31. The van der Waals surface area contributed by atoms with Gasteiger partial charge in [0, 0.05) is 17.5 Å². The maximum Gasteiger partial charge on any atom is 0.0584 e. The van der Waals surface area contributed by atoms with Crippen LogP contribution < -0.4 is 5.73 Å². The zero-order valence-corrected chi connectivity index (χ0v) is 10.4. The van der Waals surface area contributed by atoms with E-state index < -0.39 is 0 Å². The number of hydrogen-bond acceptors (Lipinski definition) is 4. The summed E-state index contributed by atoms with van der Waals surface area (Å²) in [6.45, 7) is 4.86. The fraction of sp³-hybridized carbons (Fsp3) is 0.636. The zero-order chi connectivity index (χ0) is 11.4. The first-order chi connectivity index (χ1) is 7.11. The molecule has 0 saturated carbocycles. The van der Waals surface area contributed by atoms with Crippen LogP contribution in [-0.4, -0.2) is 36.2 Å². The van der Waals surface area contributed by atoms with Crippen LogP contribution in [0.25, 0.3) is 0 Å². The summed E-state index contributed by atoms with van der Waals surface area (Å²) in [6, 6.07) is 2.47. The number of rotatable bonds is 5. The lowest BCUT2D eigenvalue weighted by atomic mass is 10.1. The Labute approximate surface area is 95.5 Å². The molecule has 0 aromatic carbocycles. The molecule has 0 radical (unpaired) electrons. The summed E-state index contributed by atoms with van der Waals surface area (Å²) in [5, 5.41) is 11.2.